The number of nitrogens with zero attached hydrogens (tertiary/aromatic N) is 1. The van der Waals surface area contributed by atoms with Crippen LogP contribution in [0.4, 0.5) is 5.69 Å². The molecule has 19 heavy (non-hydrogen) atoms. The van der Waals surface area contributed by atoms with Gasteiger partial charge in [0.05, 0.1) is 12.2 Å². The first-order chi connectivity index (χ1) is 9.11. The lowest BCUT2D eigenvalue weighted by Crippen LogP contribution is -2.32. The predicted molar refractivity (Wildman–Crippen MR) is 81.6 cm³/mol. The molecule has 0 radical (unpaired) electrons. The van der Waals surface area contributed by atoms with Crippen LogP contribution in [0, 0.1) is 0 Å². The van der Waals surface area contributed by atoms with Crippen LogP contribution in [0.3, 0.4) is 0 Å². The Morgan fingerprint density at radius 3 is 2.84 bits per heavy atom. The predicted octanol–water partition coefficient (Wildman–Crippen LogP) is 3.51. The normalized spacial score (nSPS) is 20.5. The lowest BCUT2D eigenvalue weighted by molar-refractivity contribution is 0.115. The molecule has 1 saturated heterocycles. The van der Waals surface area contributed by atoms with Crippen molar-refractivity contribution in [2.45, 2.75) is 38.9 Å². The first-order valence-electron chi connectivity index (χ1n) is 6.96. The highest BCUT2D eigenvalue weighted by Gasteiger charge is 2.19. The molecule has 0 aliphatic carbocycles. The minimum Gasteiger partial charge on any atom is -0.389 e. The average Bonchev–Trinajstić information content (AvgIpc) is 2.88. The van der Waals surface area contributed by atoms with Gasteiger partial charge in [-0.1, -0.05) is 22.0 Å². The number of hydrogen-bond donors (Lipinski definition) is 1. The molecular formula is C15H22BrNO2. The minimum atomic E-state index is -0.448. The van der Waals surface area contributed by atoms with E-state index in [1.807, 2.05) is 6.07 Å². The summed E-state index contributed by atoms with van der Waals surface area (Å²) in [5.41, 5.74) is 2.10. The lowest BCUT2D eigenvalue weighted by atomic mass is 10.1. The van der Waals surface area contributed by atoms with E-state index in [4.69, 9.17) is 4.74 Å². The first-order valence-corrected chi connectivity index (χ1v) is 7.75. The maximum Gasteiger partial charge on any atom is 0.0772 e. The highest BCUT2D eigenvalue weighted by molar-refractivity contribution is 9.10. The zero-order valence-corrected chi connectivity index (χ0v) is 13.2. The van der Waals surface area contributed by atoms with E-state index in [1.54, 1.807) is 6.92 Å². The van der Waals surface area contributed by atoms with Crippen LogP contribution in [0.25, 0.3) is 0 Å². The van der Waals surface area contributed by atoms with E-state index >= 15 is 0 Å². The van der Waals surface area contributed by atoms with E-state index < -0.39 is 6.10 Å². The molecule has 1 unspecified atom stereocenters. The molecule has 0 amide bonds. The quantitative estimate of drug-likeness (QED) is 0.898. The molecular weight excluding hydrogens is 306 g/mol. The van der Waals surface area contributed by atoms with E-state index in [2.05, 4.69) is 39.9 Å². The molecule has 1 N–H and O–H groups in total. The second kappa shape index (κ2) is 6.73. The molecule has 1 aliphatic heterocycles. The minimum absolute atomic E-state index is 0.357. The Morgan fingerprint density at radius 2 is 2.32 bits per heavy atom. The second-order valence-corrected chi connectivity index (χ2v) is 5.91. The Hall–Kier alpha value is -0.580. The molecule has 2 rings (SSSR count). The van der Waals surface area contributed by atoms with Gasteiger partial charge in [-0.25, -0.2) is 0 Å². The largest absolute Gasteiger partial charge is 0.389 e. The molecule has 0 aromatic heterocycles. The van der Waals surface area contributed by atoms with Gasteiger partial charge in [0.15, 0.2) is 0 Å². The van der Waals surface area contributed by atoms with Crippen molar-refractivity contribution in [3.63, 3.8) is 0 Å². The summed E-state index contributed by atoms with van der Waals surface area (Å²) >= 11 is 3.54. The Morgan fingerprint density at radius 1 is 1.53 bits per heavy atom. The van der Waals surface area contributed by atoms with Gasteiger partial charge in [0.1, 0.15) is 0 Å². The summed E-state index contributed by atoms with van der Waals surface area (Å²) in [6.07, 6.45) is 2.24. The topological polar surface area (TPSA) is 32.7 Å². The van der Waals surface area contributed by atoms with E-state index in [0.717, 1.165) is 36.2 Å². The average molecular weight is 328 g/mol. The van der Waals surface area contributed by atoms with Gasteiger partial charge >= 0.3 is 0 Å². The zero-order valence-electron chi connectivity index (χ0n) is 11.6. The third-order valence-corrected chi connectivity index (χ3v) is 4.32. The van der Waals surface area contributed by atoms with E-state index in [1.165, 1.54) is 12.1 Å². The van der Waals surface area contributed by atoms with Gasteiger partial charge in [0.2, 0.25) is 0 Å². The number of aliphatic hydroxyl groups excluding tert-OH is 1. The summed E-state index contributed by atoms with van der Waals surface area (Å²) in [6.45, 7) is 6.74. The number of ether oxygens (including phenoxy) is 1. The first kappa shape index (κ1) is 14.8. The molecule has 1 heterocycles. The molecule has 1 aliphatic rings. The second-order valence-electron chi connectivity index (χ2n) is 5.06. The molecule has 1 aromatic carbocycles. The van der Waals surface area contributed by atoms with Crippen molar-refractivity contribution in [2.24, 2.45) is 0 Å². The summed E-state index contributed by atoms with van der Waals surface area (Å²) in [4.78, 5) is 2.33. The fourth-order valence-electron chi connectivity index (χ4n) is 2.50. The molecule has 1 aromatic rings. The van der Waals surface area contributed by atoms with Gasteiger partial charge in [-0.3, -0.25) is 0 Å². The number of rotatable bonds is 5. The van der Waals surface area contributed by atoms with Gasteiger partial charge in [-0.15, -0.1) is 0 Å². The summed E-state index contributed by atoms with van der Waals surface area (Å²) in [5, 5.41) is 9.66. The van der Waals surface area contributed by atoms with Crippen LogP contribution in [0.1, 0.15) is 38.4 Å². The molecule has 2 atom stereocenters. The van der Waals surface area contributed by atoms with Crippen molar-refractivity contribution in [1.82, 2.24) is 0 Å². The Balaban J connectivity index is 2.11. The van der Waals surface area contributed by atoms with Crippen LogP contribution in [0.15, 0.2) is 22.7 Å². The molecule has 0 spiro atoms. The molecule has 3 nitrogen and oxygen atoms in total. The number of hydrogen-bond acceptors (Lipinski definition) is 3. The van der Waals surface area contributed by atoms with Crippen molar-refractivity contribution in [1.29, 1.82) is 0 Å². The third-order valence-electron chi connectivity index (χ3n) is 3.63. The smallest absolute Gasteiger partial charge is 0.0772 e. The standard InChI is InChI=1S/C15H22BrNO2/c1-3-17(10-13-5-4-8-19-13)12-6-7-14(11(2)18)15(16)9-12/h6-7,9,11,13,18H,3-5,8,10H2,1-2H3/t11-,13?/m1/s1. The highest BCUT2D eigenvalue weighted by atomic mass is 79.9. The van der Waals surface area contributed by atoms with Crippen molar-refractivity contribution >= 4 is 21.6 Å². The van der Waals surface area contributed by atoms with Crippen LogP contribution < -0.4 is 4.90 Å². The van der Waals surface area contributed by atoms with Crippen LogP contribution in [0.5, 0.6) is 0 Å². The molecule has 0 bridgehead atoms. The van der Waals surface area contributed by atoms with Crippen molar-refractivity contribution in [3.8, 4) is 0 Å². The summed E-state index contributed by atoms with van der Waals surface area (Å²) in [5.74, 6) is 0. The summed E-state index contributed by atoms with van der Waals surface area (Å²) < 4.78 is 6.67. The summed E-state index contributed by atoms with van der Waals surface area (Å²) in [7, 11) is 0. The van der Waals surface area contributed by atoms with E-state index in [9.17, 15) is 5.11 Å². The Bertz CT molecular complexity index is 417. The number of aliphatic hydroxyl groups is 1. The van der Waals surface area contributed by atoms with Gasteiger partial charge in [-0.05, 0) is 44.4 Å². The maximum absolute atomic E-state index is 9.66. The number of likely N-dealkylation sites (N-methyl/N-ethyl adjacent to an activating group) is 1. The monoisotopic (exact) mass is 327 g/mol. The SMILES string of the molecule is CCN(CC1CCCO1)c1ccc([C@@H](C)O)c(Br)c1. The Labute approximate surface area is 123 Å². The fraction of sp³-hybridized carbons (Fsp3) is 0.600. The van der Waals surface area contributed by atoms with Crippen LogP contribution in [-0.4, -0.2) is 30.9 Å². The van der Waals surface area contributed by atoms with Crippen molar-refractivity contribution < 1.29 is 9.84 Å². The number of anilines is 1. The maximum atomic E-state index is 9.66. The zero-order chi connectivity index (χ0) is 13.8. The summed E-state index contributed by atoms with van der Waals surface area (Å²) in [6, 6.07) is 6.15. The van der Waals surface area contributed by atoms with Gasteiger partial charge in [-0.2, -0.15) is 0 Å². The van der Waals surface area contributed by atoms with Gasteiger partial charge < -0.3 is 14.7 Å². The third kappa shape index (κ3) is 3.71. The van der Waals surface area contributed by atoms with Crippen molar-refractivity contribution in [2.75, 3.05) is 24.6 Å². The van der Waals surface area contributed by atoms with Gasteiger partial charge in [0.25, 0.3) is 0 Å². The van der Waals surface area contributed by atoms with E-state index in [-0.39, 0.29) is 0 Å². The lowest BCUT2D eigenvalue weighted by Gasteiger charge is -2.26. The number of halogens is 1. The molecule has 106 valence electrons. The van der Waals surface area contributed by atoms with Crippen LogP contribution >= 0.6 is 15.9 Å². The fourth-order valence-corrected chi connectivity index (χ4v) is 3.20. The molecule has 0 saturated carbocycles. The highest BCUT2D eigenvalue weighted by Crippen LogP contribution is 2.29. The molecule has 1 fully saturated rings. The van der Waals surface area contributed by atoms with Gasteiger partial charge in [0, 0.05) is 29.9 Å². The number of benzene rings is 1. The van der Waals surface area contributed by atoms with Crippen LogP contribution in [0.2, 0.25) is 0 Å². The Kier molecular flexibility index (Phi) is 5.25. The van der Waals surface area contributed by atoms with Crippen LogP contribution in [-0.2, 0) is 4.74 Å². The molecule has 4 heteroatoms. The van der Waals surface area contributed by atoms with E-state index in [0.29, 0.717) is 6.10 Å². The van der Waals surface area contributed by atoms with Crippen molar-refractivity contribution in [3.05, 3.63) is 28.2 Å².